The van der Waals surface area contributed by atoms with Crippen LogP contribution in [0.4, 0.5) is 4.39 Å². The van der Waals surface area contributed by atoms with E-state index < -0.39 is 0 Å². The maximum absolute atomic E-state index is 14.2. The molecule has 4 heteroatoms. The van der Waals surface area contributed by atoms with Gasteiger partial charge in [-0.2, -0.15) is 0 Å². The summed E-state index contributed by atoms with van der Waals surface area (Å²) in [5.41, 5.74) is 1.66. The fourth-order valence-corrected chi connectivity index (χ4v) is 2.96. The number of rotatable bonds is 6. The smallest absolute Gasteiger partial charge is 0.132 e. The van der Waals surface area contributed by atoms with Crippen molar-refractivity contribution in [1.29, 1.82) is 0 Å². The predicted octanol–water partition coefficient (Wildman–Crippen LogP) is 4.26. The average Bonchev–Trinajstić information content (AvgIpc) is 2.51. The van der Waals surface area contributed by atoms with Crippen LogP contribution >= 0.6 is 11.8 Å². The molecule has 0 amide bonds. The monoisotopic (exact) mass is 305 g/mol. The van der Waals surface area contributed by atoms with Gasteiger partial charge >= 0.3 is 0 Å². The molecule has 2 nitrogen and oxygen atoms in total. The van der Waals surface area contributed by atoms with Gasteiger partial charge in [0.05, 0.1) is 13.2 Å². The van der Waals surface area contributed by atoms with Crippen LogP contribution in [-0.4, -0.2) is 19.9 Å². The summed E-state index contributed by atoms with van der Waals surface area (Å²) in [6.45, 7) is 2.13. The number of nitrogens with one attached hydrogen (secondary N) is 1. The molecule has 0 heterocycles. The summed E-state index contributed by atoms with van der Waals surface area (Å²) in [4.78, 5) is 1.23. The second-order valence-corrected chi connectivity index (χ2v) is 5.95. The zero-order valence-corrected chi connectivity index (χ0v) is 13.3. The van der Waals surface area contributed by atoms with Crippen LogP contribution in [0.5, 0.6) is 5.75 Å². The summed E-state index contributed by atoms with van der Waals surface area (Å²) >= 11 is 1.80. The first-order valence-corrected chi connectivity index (χ1v) is 7.91. The highest BCUT2D eigenvalue weighted by molar-refractivity contribution is 7.99. The molecule has 2 aromatic carbocycles. The van der Waals surface area contributed by atoms with Crippen LogP contribution in [0, 0.1) is 5.82 Å². The van der Waals surface area contributed by atoms with Crippen molar-refractivity contribution in [3.8, 4) is 5.75 Å². The third-order valence-electron chi connectivity index (χ3n) is 3.33. The SMILES string of the molecule is CCSc1ccc(C(NC)c2ccc(OC)cc2F)cc1. The molecule has 0 radical (unpaired) electrons. The molecule has 0 saturated heterocycles. The molecule has 0 aliphatic rings. The molecular weight excluding hydrogens is 285 g/mol. The number of hydrogen-bond donors (Lipinski definition) is 1. The van der Waals surface area contributed by atoms with E-state index in [-0.39, 0.29) is 11.9 Å². The number of hydrogen-bond acceptors (Lipinski definition) is 3. The molecule has 1 unspecified atom stereocenters. The zero-order chi connectivity index (χ0) is 15.2. The molecule has 2 rings (SSSR count). The summed E-state index contributed by atoms with van der Waals surface area (Å²) in [5, 5.41) is 3.18. The highest BCUT2D eigenvalue weighted by Gasteiger charge is 2.16. The van der Waals surface area contributed by atoms with Crippen LogP contribution in [0.25, 0.3) is 0 Å². The maximum atomic E-state index is 14.2. The Morgan fingerprint density at radius 3 is 2.43 bits per heavy atom. The van der Waals surface area contributed by atoms with Crippen LogP contribution in [0.1, 0.15) is 24.1 Å². The summed E-state index contributed by atoms with van der Waals surface area (Å²) in [6, 6.07) is 13.0. The van der Waals surface area contributed by atoms with E-state index in [9.17, 15) is 4.39 Å². The van der Waals surface area contributed by atoms with Crippen molar-refractivity contribution in [1.82, 2.24) is 5.32 Å². The minimum atomic E-state index is -0.263. The summed E-state index contributed by atoms with van der Waals surface area (Å²) in [7, 11) is 3.37. The Morgan fingerprint density at radius 1 is 1.19 bits per heavy atom. The highest BCUT2D eigenvalue weighted by Crippen LogP contribution is 2.28. The van der Waals surface area contributed by atoms with Gasteiger partial charge in [-0.05, 0) is 36.6 Å². The van der Waals surface area contributed by atoms with Crippen LogP contribution < -0.4 is 10.1 Å². The Labute approximate surface area is 129 Å². The van der Waals surface area contributed by atoms with E-state index in [0.717, 1.165) is 11.3 Å². The largest absolute Gasteiger partial charge is 0.497 e. The van der Waals surface area contributed by atoms with E-state index >= 15 is 0 Å². The second-order valence-electron chi connectivity index (χ2n) is 4.61. The molecule has 0 aliphatic carbocycles. The zero-order valence-electron chi connectivity index (χ0n) is 12.5. The van der Waals surface area contributed by atoms with Crippen molar-refractivity contribution in [2.45, 2.75) is 17.9 Å². The van der Waals surface area contributed by atoms with Crippen molar-refractivity contribution < 1.29 is 9.13 Å². The fourth-order valence-electron chi connectivity index (χ4n) is 2.29. The normalized spacial score (nSPS) is 12.2. The van der Waals surface area contributed by atoms with Gasteiger partial charge in [0.25, 0.3) is 0 Å². The third-order valence-corrected chi connectivity index (χ3v) is 4.23. The summed E-state index contributed by atoms with van der Waals surface area (Å²) in [6.07, 6.45) is 0. The Balaban J connectivity index is 2.30. The molecule has 1 atom stereocenters. The Kier molecular flexibility index (Phi) is 5.65. The lowest BCUT2D eigenvalue weighted by Crippen LogP contribution is -2.18. The molecule has 112 valence electrons. The van der Waals surface area contributed by atoms with Crippen molar-refractivity contribution >= 4 is 11.8 Å². The van der Waals surface area contributed by atoms with E-state index in [2.05, 4.69) is 24.4 Å². The fraction of sp³-hybridized carbons (Fsp3) is 0.294. The van der Waals surface area contributed by atoms with E-state index in [4.69, 9.17) is 4.74 Å². The molecule has 21 heavy (non-hydrogen) atoms. The molecule has 0 spiro atoms. The topological polar surface area (TPSA) is 21.3 Å². The van der Waals surface area contributed by atoms with Gasteiger partial charge < -0.3 is 10.1 Å². The van der Waals surface area contributed by atoms with Crippen LogP contribution in [0.15, 0.2) is 47.4 Å². The van der Waals surface area contributed by atoms with Crippen LogP contribution in [-0.2, 0) is 0 Å². The quantitative estimate of drug-likeness (QED) is 0.806. The van der Waals surface area contributed by atoms with E-state index in [1.54, 1.807) is 23.9 Å². The van der Waals surface area contributed by atoms with Gasteiger partial charge in [0.2, 0.25) is 0 Å². The molecule has 0 aliphatic heterocycles. The lowest BCUT2D eigenvalue weighted by atomic mass is 9.98. The number of benzene rings is 2. The van der Waals surface area contributed by atoms with Gasteiger partial charge in [0, 0.05) is 16.5 Å². The summed E-state index contributed by atoms with van der Waals surface area (Å²) < 4.78 is 19.3. The maximum Gasteiger partial charge on any atom is 0.132 e. The van der Waals surface area contributed by atoms with Gasteiger partial charge in [0.15, 0.2) is 0 Å². The number of thioether (sulfide) groups is 1. The Hall–Kier alpha value is -1.52. The first kappa shape index (κ1) is 15.9. The highest BCUT2D eigenvalue weighted by atomic mass is 32.2. The number of ether oxygens (including phenoxy) is 1. The lowest BCUT2D eigenvalue weighted by Gasteiger charge is -2.18. The minimum Gasteiger partial charge on any atom is -0.497 e. The first-order valence-electron chi connectivity index (χ1n) is 6.93. The molecule has 1 N–H and O–H groups in total. The Bertz CT molecular complexity index is 586. The molecule has 2 aromatic rings. The van der Waals surface area contributed by atoms with Crippen molar-refractivity contribution in [2.24, 2.45) is 0 Å². The van der Waals surface area contributed by atoms with Crippen LogP contribution in [0.2, 0.25) is 0 Å². The minimum absolute atomic E-state index is 0.170. The predicted molar refractivity (Wildman–Crippen MR) is 86.7 cm³/mol. The van der Waals surface area contributed by atoms with E-state index in [1.165, 1.54) is 18.1 Å². The van der Waals surface area contributed by atoms with Crippen molar-refractivity contribution in [3.63, 3.8) is 0 Å². The third kappa shape index (κ3) is 3.77. The molecule has 0 saturated carbocycles. The van der Waals surface area contributed by atoms with Crippen LogP contribution in [0.3, 0.4) is 0 Å². The van der Waals surface area contributed by atoms with Gasteiger partial charge in [-0.3, -0.25) is 0 Å². The Morgan fingerprint density at radius 2 is 1.90 bits per heavy atom. The van der Waals surface area contributed by atoms with Crippen molar-refractivity contribution in [3.05, 3.63) is 59.4 Å². The van der Waals surface area contributed by atoms with Gasteiger partial charge in [-0.15, -0.1) is 11.8 Å². The standard InChI is InChI=1S/C17H20FNOS/c1-4-21-14-8-5-12(6-9-14)17(19-2)15-10-7-13(20-3)11-16(15)18/h5-11,17,19H,4H2,1-3H3. The molecule has 0 bridgehead atoms. The summed E-state index contributed by atoms with van der Waals surface area (Å²) in [5.74, 6) is 1.31. The van der Waals surface area contributed by atoms with Crippen molar-refractivity contribution in [2.75, 3.05) is 19.9 Å². The van der Waals surface area contributed by atoms with E-state index in [0.29, 0.717) is 11.3 Å². The van der Waals surface area contributed by atoms with E-state index in [1.807, 2.05) is 19.2 Å². The lowest BCUT2D eigenvalue weighted by molar-refractivity contribution is 0.410. The molecule has 0 aromatic heterocycles. The molecular formula is C17H20FNOS. The van der Waals surface area contributed by atoms with Gasteiger partial charge in [-0.25, -0.2) is 4.39 Å². The second kappa shape index (κ2) is 7.48. The number of halogens is 1. The number of methoxy groups -OCH3 is 1. The molecule has 0 fully saturated rings. The first-order chi connectivity index (χ1) is 10.2. The van der Waals surface area contributed by atoms with Gasteiger partial charge in [0.1, 0.15) is 11.6 Å². The van der Waals surface area contributed by atoms with Gasteiger partial charge in [-0.1, -0.05) is 25.1 Å². The average molecular weight is 305 g/mol.